The second-order valence-corrected chi connectivity index (χ2v) is 6.60. The standard InChI is InChI=1S/C10H13IN2OS.ClH/c11-9-4-7(6-15-9)10(14)13-3-1-2-8(12)5-13;/h4,6,8H,1-3,5,12H2;1H/t8-;/m1./s1. The summed E-state index contributed by atoms with van der Waals surface area (Å²) in [6.07, 6.45) is 2.05. The molecule has 0 bridgehead atoms. The lowest BCUT2D eigenvalue weighted by molar-refractivity contribution is 0.0709. The number of nitrogens with zero attached hydrogens (tertiary/aromatic N) is 1. The van der Waals surface area contributed by atoms with Gasteiger partial charge in [0.1, 0.15) is 0 Å². The largest absolute Gasteiger partial charge is 0.337 e. The molecule has 2 rings (SSSR count). The Balaban J connectivity index is 0.00000128. The van der Waals surface area contributed by atoms with Gasteiger partial charge in [0.05, 0.1) is 8.45 Å². The number of amides is 1. The van der Waals surface area contributed by atoms with Gasteiger partial charge in [0, 0.05) is 24.5 Å². The molecule has 1 saturated heterocycles. The molecule has 16 heavy (non-hydrogen) atoms. The molecule has 1 atom stereocenters. The number of hydrogen-bond acceptors (Lipinski definition) is 3. The molecule has 0 spiro atoms. The van der Waals surface area contributed by atoms with Crippen LogP contribution in [0.5, 0.6) is 0 Å². The van der Waals surface area contributed by atoms with Gasteiger partial charge in [0.2, 0.25) is 0 Å². The molecular formula is C10H14ClIN2OS. The van der Waals surface area contributed by atoms with E-state index < -0.39 is 0 Å². The van der Waals surface area contributed by atoms with Gasteiger partial charge in [-0.3, -0.25) is 4.79 Å². The van der Waals surface area contributed by atoms with E-state index in [-0.39, 0.29) is 24.4 Å². The molecule has 0 radical (unpaired) electrons. The molecule has 2 N–H and O–H groups in total. The average molecular weight is 373 g/mol. The molecule has 1 fully saturated rings. The van der Waals surface area contributed by atoms with Gasteiger partial charge in [0.15, 0.2) is 0 Å². The monoisotopic (exact) mass is 372 g/mol. The molecule has 1 aliphatic heterocycles. The van der Waals surface area contributed by atoms with Gasteiger partial charge in [0.25, 0.3) is 5.91 Å². The maximum absolute atomic E-state index is 12.0. The van der Waals surface area contributed by atoms with E-state index >= 15 is 0 Å². The van der Waals surface area contributed by atoms with Gasteiger partial charge >= 0.3 is 0 Å². The van der Waals surface area contributed by atoms with E-state index in [9.17, 15) is 4.79 Å². The van der Waals surface area contributed by atoms with Crippen molar-refractivity contribution in [1.82, 2.24) is 4.90 Å². The number of thiophene rings is 1. The zero-order valence-electron chi connectivity index (χ0n) is 8.69. The van der Waals surface area contributed by atoms with Crippen molar-refractivity contribution in [2.75, 3.05) is 13.1 Å². The molecule has 0 aliphatic carbocycles. The van der Waals surface area contributed by atoms with E-state index in [2.05, 4.69) is 22.6 Å². The van der Waals surface area contributed by atoms with E-state index in [4.69, 9.17) is 5.73 Å². The van der Waals surface area contributed by atoms with Crippen molar-refractivity contribution in [2.45, 2.75) is 18.9 Å². The van der Waals surface area contributed by atoms with Crippen LogP contribution >= 0.6 is 46.3 Å². The number of piperidine rings is 1. The number of carbonyl (C=O) groups excluding carboxylic acids is 1. The molecule has 90 valence electrons. The first-order chi connectivity index (χ1) is 7.16. The Labute approximate surface area is 119 Å². The fraction of sp³-hybridized carbons (Fsp3) is 0.500. The summed E-state index contributed by atoms with van der Waals surface area (Å²) >= 11 is 3.84. The Hall–Kier alpha value is 0.150. The summed E-state index contributed by atoms with van der Waals surface area (Å²) in [7, 11) is 0. The fourth-order valence-electron chi connectivity index (χ4n) is 1.80. The molecule has 2 heterocycles. The second kappa shape index (κ2) is 6.18. The van der Waals surface area contributed by atoms with Gasteiger partial charge < -0.3 is 10.6 Å². The maximum Gasteiger partial charge on any atom is 0.254 e. The van der Waals surface area contributed by atoms with Gasteiger partial charge in [-0.15, -0.1) is 23.7 Å². The number of nitrogens with two attached hydrogens (primary N) is 1. The molecule has 6 heteroatoms. The topological polar surface area (TPSA) is 46.3 Å². The van der Waals surface area contributed by atoms with Gasteiger partial charge in [-0.05, 0) is 41.5 Å². The molecule has 0 unspecified atom stereocenters. The minimum Gasteiger partial charge on any atom is -0.337 e. The van der Waals surface area contributed by atoms with Crippen LogP contribution in [0.2, 0.25) is 0 Å². The Morgan fingerprint density at radius 1 is 1.62 bits per heavy atom. The first-order valence-electron chi connectivity index (χ1n) is 4.95. The summed E-state index contributed by atoms with van der Waals surface area (Å²) in [5.41, 5.74) is 6.66. The molecule has 1 amide bonds. The maximum atomic E-state index is 12.0. The molecule has 1 aromatic heterocycles. The zero-order valence-corrected chi connectivity index (χ0v) is 12.5. The number of halogens is 2. The van der Waals surface area contributed by atoms with E-state index in [1.807, 2.05) is 16.3 Å². The highest BCUT2D eigenvalue weighted by Crippen LogP contribution is 2.19. The summed E-state index contributed by atoms with van der Waals surface area (Å²) in [5.74, 6) is 0.129. The van der Waals surface area contributed by atoms with Gasteiger partial charge in [-0.2, -0.15) is 0 Å². The molecule has 3 nitrogen and oxygen atoms in total. The van der Waals surface area contributed by atoms with Crippen molar-refractivity contribution in [1.29, 1.82) is 0 Å². The molecule has 1 aliphatic rings. The first-order valence-corrected chi connectivity index (χ1v) is 6.91. The van der Waals surface area contributed by atoms with E-state index in [0.717, 1.165) is 27.8 Å². The van der Waals surface area contributed by atoms with Crippen molar-refractivity contribution in [3.63, 3.8) is 0 Å². The quantitative estimate of drug-likeness (QED) is 0.769. The van der Waals surface area contributed by atoms with Crippen molar-refractivity contribution >= 4 is 52.2 Å². The molecule has 0 aromatic carbocycles. The zero-order chi connectivity index (χ0) is 10.8. The minimum atomic E-state index is 0. The number of hydrogen-bond donors (Lipinski definition) is 1. The molecular weight excluding hydrogens is 359 g/mol. The third-order valence-corrected chi connectivity index (χ3v) is 4.35. The lowest BCUT2D eigenvalue weighted by Crippen LogP contribution is -2.45. The van der Waals surface area contributed by atoms with Crippen LogP contribution in [0.4, 0.5) is 0 Å². The van der Waals surface area contributed by atoms with Crippen LogP contribution in [-0.4, -0.2) is 29.9 Å². The predicted molar refractivity (Wildman–Crippen MR) is 77.4 cm³/mol. The number of carbonyl (C=O) groups is 1. The van der Waals surface area contributed by atoms with E-state index in [1.165, 1.54) is 0 Å². The number of rotatable bonds is 1. The Kier molecular flexibility index (Phi) is 5.49. The summed E-state index contributed by atoms with van der Waals surface area (Å²) in [5, 5.41) is 1.92. The highest BCUT2D eigenvalue weighted by molar-refractivity contribution is 14.1. The highest BCUT2D eigenvalue weighted by Gasteiger charge is 2.22. The van der Waals surface area contributed by atoms with E-state index in [0.29, 0.717) is 6.54 Å². The molecule has 0 saturated carbocycles. The van der Waals surface area contributed by atoms with Crippen LogP contribution in [0.15, 0.2) is 11.4 Å². The summed E-state index contributed by atoms with van der Waals surface area (Å²) in [6, 6.07) is 2.09. The van der Waals surface area contributed by atoms with Gasteiger partial charge in [-0.25, -0.2) is 0 Å². The van der Waals surface area contributed by atoms with Crippen LogP contribution in [0, 0.1) is 2.88 Å². The minimum absolute atomic E-state index is 0. The van der Waals surface area contributed by atoms with Crippen molar-refractivity contribution in [3.05, 3.63) is 19.9 Å². The van der Waals surface area contributed by atoms with Crippen molar-refractivity contribution in [3.8, 4) is 0 Å². The summed E-state index contributed by atoms with van der Waals surface area (Å²) in [6.45, 7) is 1.55. The Morgan fingerprint density at radius 2 is 2.38 bits per heavy atom. The molecule has 1 aromatic rings. The average Bonchev–Trinajstić information content (AvgIpc) is 2.64. The predicted octanol–water partition coefficient (Wildman–Crippen LogP) is 2.34. The number of likely N-dealkylation sites (tertiary alicyclic amines) is 1. The van der Waals surface area contributed by atoms with Crippen LogP contribution in [0.3, 0.4) is 0 Å². The van der Waals surface area contributed by atoms with Crippen LogP contribution in [0.25, 0.3) is 0 Å². The SMILES string of the molecule is Cl.N[C@@H]1CCCN(C(=O)c2csc(I)c2)C1. The Morgan fingerprint density at radius 3 is 2.94 bits per heavy atom. The summed E-state index contributed by atoms with van der Waals surface area (Å²) in [4.78, 5) is 13.9. The lowest BCUT2D eigenvalue weighted by atomic mass is 10.1. The van der Waals surface area contributed by atoms with Crippen molar-refractivity contribution < 1.29 is 4.79 Å². The third kappa shape index (κ3) is 3.32. The van der Waals surface area contributed by atoms with Crippen LogP contribution in [-0.2, 0) is 0 Å². The summed E-state index contributed by atoms with van der Waals surface area (Å²) < 4.78 is 1.15. The smallest absolute Gasteiger partial charge is 0.254 e. The third-order valence-electron chi connectivity index (χ3n) is 2.56. The van der Waals surface area contributed by atoms with Crippen LogP contribution < -0.4 is 5.73 Å². The van der Waals surface area contributed by atoms with E-state index in [1.54, 1.807) is 11.3 Å². The van der Waals surface area contributed by atoms with Crippen LogP contribution in [0.1, 0.15) is 23.2 Å². The second-order valence-electron chi connectivity index (χ2n) is 3.79. The van der Waals surface area contributed by atoms with Crippen molar-refractivity contribution in [2.24, 2.45) is 5.73 Å². The lowest BCUT2D eigenvalue weighted by Gasteiger charge is -2.30. The van der Waals surface area contributed by atoms with Gasteiger partial charge in [-0.1, -0.05) is 0 Å². The highest BCUT2D eigenvalue weighted by atomic mass is 127. The normalized spacial score (nSPS) is 20.4. The first kappa shape index (κ1) is 14.2. The Bertz CT molecular complexity index is 371. The fourth-order valence-corrected chi connectivity index (χ4v) is 3.12.